The lowest BCUT2D eigenvalue weighted by molar-refractivity contribution is -0.142. The van der Waals surface area contributed by atoms with Gasteiger partial charge in [0.2, 0.25) is 0 Å². The van der Waals surface area contributed by atoms with Crippen molar-refractivity contribution in [2.45, 2.75) is 20.0 Å². The number of amides is 1. The van der Waals surface area contributed by atoms with Crippen LogP contribution in [0.25, 0.3) is 10.8 Å². The highest BCUT2D eigenvalue weighted by Crippen LogP contribution is 2.26. The summed E-state index contributed by atoms with van der Waals surface area (Å²) in [6.45, 7) is 2.26. The van der Waals surface area contributed by atoms with Crippen LogP contribution in [0.4, 0.5) is 5.13 Å². The molecule has 8 heteroatoms. The lowest BCUT2D eigenvalue weighted by Gasteiger charge is -2.07. The molecule has 4 rings (SSSR count). The summed E-state index contributed by atoms with van der Waals surface area (Å²) in [5.41, 5.74) is 0.544. The summed E-state index contributed by atoms with van der Waals surface area (Å²) in [7, 11) is 0. The number of carbonyl (C=O) groups is 2. The normalized spacial score (nSPS) is 10.7. The second kappa shape index (κ2) is 9.44. The molecule has 0 bridgehead atoms. The SMILES string of the molecule is CCOC(=O)Cc1csc(NC(=O)c2ccc(COc3cccc4ccccc34)o2)n1. The van der Waals surface area contributed by atoms with Gasteiger partial charge in [0.15, 0.2) is 10.9 Å². The molecule has 0 atom stereocenters. The van der Waals surface area contributed by atoms with Crippen molar-refractivity contribution in [2.24, 2.45) is 0 Å². The minimum absolute atomic E-state index is 0.0661. The van der Waals surface area contributed by atoms with E-state index in [1.165, 1.54) is 11.3 Å². The van der Waals surface area contributed by atoms with E-state index < -0.39 is 5.91 Å². The van der Waals surface area contributed by atoms with Crippen LogP contribution in [0.15, 0.2) is 64.4 Å². The number of carbonyl (C=O) groups excluding carboxylic acids is 2. The highest BCUT2D eigenvalue weighted by Gasteiger charge is 2.15. The van der Waals surface area contributed by atoms with Gasteiger partial charge in [-0.15, -0.1) is 11.3 Å². The van der Waals surface area contributed by atoms with Crippen LogP contribution in [0.1, 0.15) is 28.9 Å². The highest BCUT2D eigenvalue weighted by molar-refractivity contribution is 7.14. The molecule has 7 nitrogen and oxygen atoms in total. The molecule has 2 aromatic carbocycles. The van der Waals surface area contributed by atoms with Gasteiger partial charge in [0.1, 0.15) is 18.1 Å². The molecule has 0 fully saturated rings. The van der Waals surface area contributed by atoms with Crippen molar-refractivity contribution >= 4 is 39.1 Å². The van der Waals surface area contributed by atoms with Gasteiger partial charge in [0, 0.05) is 10.8 Å². The van der Waals surface area contributed by atoms with E-state index in [2.05, 4.69) is 10.3 Å². The van der Waals surface area contributed by atoms with Crippen LogP contribution in [0.2, 0.25) is 0 Å². The van der Waals surface area contributed by atoms with E-state index in [4.69, 9.17) is 13.9 Å². The first kappa shape index (κ1) is 20.6. The van der Waals surface area contributed by atoms with Gasteiger partial charge in [-0.3, -0.25) is 14.9 Å². The number of aromatic nitrogens is 1. The molecule has 4 aromatic rings. The average molecular weight is 436 g/mol. The summed E-state index contributed by atoms with van der Waals surface area (Å²) in [5, 5.41) is 6.87. The number of hydrogen-bond donors (Lipinski definition) is 1. The summed E-state index contributed by atoms with van der Waals surface area (Å²) in [5.74, 6) is 0.650. The Labute approximate surface area is 182 Å². The monoisotopic (exact) mass is 436 g/mol. The summed E-state index contributed by atoms with van der Waals surface area (Å²) in [4.78, 5) is 28.2. The number of nitrogens with one attached hydrogen (secondary N) is 1. The Morgan fingerprint density at radius 1 is 1.10 bits per heavy atom. The van der Waals surface area contributed by atoms with Gasteiger partial charge in [0.05, 0.1) is 18.7 Å². The van der Waals surface area contributed by atoms with Gasteiger partial charge in [-0.2, -0.15) is 0 Å². The number of ether oxygens (including phenoxy) is 2. The highest BCUT2D eigenvalue weighted by atomic mass is 32.1. The maximum Gasteiger partial charge on any atom is 0.311 e. The molecular formula is C23H20N2O5S. The second-order valence-electron chi connectivity index (χ2n) is 6.61. The number of furan rings is 1. The van der Waals surface area contributed by atoms with E-state index in [0.717, 1.165) is 16.5 Å². The molecule has 1 N–H and O–H groups in total. The van der Waals surface area contributed by atoms with E-state index in [0.29, 0.717) is 23.2 Å². The molecule has 0 unspecified atom stereocenters. The van der Waals surface area contributed by atoms with Crippen molar-refractivity contribution in [3.63, 3.8) is 0 Å². The first-order valence-electron chi connectivity index (χ1n) is 9.73. The number of esters is 1. The summed E-state index contributed by atoms with van der Waals surface area (Å²) in [6.07, 6.45) is 0.0661. The zero-order valence-electron chi connectivity index (χ0n) is 16.8. The molecule has 31 heavy (non-hydrogen) atoms. The third-order valence-electron chi connectivity index (χ3n) is 4.41. The van der Waals surface area contributed by atoms with Crippen molar-refractivity contribution in [1.29, 1.82) is 0 Å². The molecule has 0 saturated carbocycles. The van der Waals surface area contributed by atoms with Gasteiger partial charge >= 0.3 is 5.97 Å². The topological polar surface area (TPSA) is 90.7 Å². The summed E-state index contributed by atoms with van der Waals surface area (Å²) in [6, 6.07) is 17.1. The van der Waals surface area contributed by atoms with Crippen LogP contribution in [-0.2, 0) is 22.6 Å². The number of nitrogens with zero attached hydrogens (tertiary/aromatic N) is 1. The Hall–Kier alpha value is -3.65. The van der Waals surface area contributed by atoms with Crippen LogP contribution in [0.5, 0.6) is 5.75 Å². The predicted octanol–water partition coefficient (Wildman–Crippen LogP) is 4.83. The third kappa shape index (κ3) is 5.10. The summed E-state index contributed by atoms with van der Waals surface area (Å²) >= 11 is 1.23. The number of anilines is 1. The Kier molecular flexibility index (Phi) is 6.28. The van der Waals surface area contributed by atoms with Gasteiger partial charge in [-0.1, -0.05) is 36.4 Å². The first-order chi connectivity index (χ1) is 15.1. The van der Waals surface area contributed by atoms with Crippen LogP contribution < -0.4 is 10.1 Å². The summed E-state index contributed by atoms with van der Waals surface area (Å²) < 4.78 is 16.4. The predicted molar refractivity (Wildman–Crippen MR) is 117 cm³/mol. The lowest BCUT2D eigenvalue weighted by atomic mass is 10.1. The molecule has 158 valence electrons. The molecule has 0 aliphatic heterocycles. The van der Waals surface area contributed by atoms with Gasteiger partial charge < -0.3 is 13.9 Å². The molecule has 0 aliphatic carbocycles. The van der Waals surface area contributed by atoms with E-state index in [1.54, 1.807) is 24.4 Å². The van der Waals surface area contributed by atoms with Crippen molar-refractivity contribution in [2.75, 3.05) is 11.9 Å². The fraction of sp³-hybridized carbons (Fsp3) is 0.174. The molecule has 2 aromatic heterocycles. The van der Waals surface area contributed by atoms with Crippen LogP contribution in [-0.4, -0.2) is 23.5 Å². The minimum Gasteiger partial charge on any atom is -0.485 e. The Bertz CT molecular complexity index is 1210. The molecule has 2 heterocycles. The quantitative estimate of drug-likeness (QED) is 0.398. The lowest BCUT2D eigenvalue weighted by Crippen LogP contribution is -2.11. The number of fused-ring (bicyclic) bond motifs is 1. The Balaban J connectivity index is 1.36. The molecule has 0 spiro atoms. The maximum atomic E-state index is 12.4. The van der Waals surface area contributed by atoms with Crippen LogP contribution in [0.3, 0.4) is 0 Å². The fourth-order valence-corrected chi connectivity index (χ4v) is 3.72. The van der Waals surface area contributed by atoms with Crippen LogP contribution in [0, 0.1) is 0 Å². The van der Waals surface area contributed by atoms with Crippen molar-refractivity contribution in [3.8, 4) is 5.75 Å². The number of benzene rings is 2. The zero-order valence-corrected chi connectivity index (χ0v) is 17.6. The standard InChI is InChI=1S/C23H20N2O5S/c1-2-28-21(26)12-16-14-31-23(24-16)25-22(27)20-11-10-17(30-20)13-29-19-9-5-7-15-6-3-4-8-18(15)19/h3-11,14H,2,12-13H2,1H3,(H,24,25,27). The number of hydrogen-bond acceptors (Lipinski definition) is 7. The first-order valence-corrected chi connectivity index (χ1v) is 10.6. The van der Waals surface area contributed by atoms with Crippen LogP contribution >= 0.6 is 11.3 Å². The van der Waals surface area contributed by atoms with Crippen molar-refractivity contribution in [1.82, 2.24) is 4.98 Å². The molecule has 0 aliphatic rings. The smallest absolute Gasteiger partial charge is 0.311 e. The van der Waals surface area contributed by atoms with Gasteiger partial charge in [-0.05, 0) is 30.5 Å². The zero-order chi connectivity index (χ0) is 21.6. The van der Waals surface area contributed by atoms with Crippen molar-refractivity contribution < 1.29 is 23.5 Å². The van der Waals surface area contributed by atoms with E-state index in [9.17, 15) is 9.59 Å². The van der Waals surface area contributed by atoms with Gasteiger partial charge in [-0.25, -0.2) is 4.98 Å². The van der Waals surface area contributed by atoms with Gasteiger partial charge in [0.25, 0.3) is 5.91 Å². The van der Waals surface area contributed by atoms with E-state index in [1.807, 2.05) is 42.5 Å². The molecule has 0 saturated heterocycles. The third-order valence-corrected chi connectivity index (χ3v) is 5.21. The molecule has 0 radical (unpaired) electrons. The second-order valence-corrected chi connectivity index (χ2v) is 7.47. The largest absolute Gasteiger partial charge is 0.485 e. The van der Waals surface area contributed by atoms with E-state index >= 15 is 0 Å². The number of rotatable bonds is 8. The Morgan fingerprint density at radius 2 is 1.94 bits per heavy atom. The van der Waals surface area contributed by atoms with E-state index in [-0.39, 0.29) is 24.8 Å². The minimum atomic E-state index is -0.423. The Morgan fingerprint density at radius 3 is 2.81 bits per heavy atom. The average Bonchev–Trinajstić information content (AvgIpc) is 3.42. The molecule has 1 amide bonds. The van der Waals surface area contributed by atoms with Crippen molar-refractivity contribution in [3.05, 3.63) is 77.2 Å². The molecular weight excluding hydrogens is 416 g/mol. The maximum absolute atomic E-state index is 12.4. The fourth-order valence-electron chi connectivity index (χ4n) is 3.01. The number of thiazole rings is 1.